The van der Waals surface area contributed by atoms with Gasteiger partial charge in [0.05, 0.1) is 5.69 Å². The second kappa shape index (κ2) is 5.04. The van der Waals surface area contributed by atoms with Gasteiger partial charge in [-0.1, -0.05) is 11.6 Å². The van der Waals surface area contributed by atoms with Gasteiger partial charge in [-0.15, -0.1) is 5.10 Å². The predicted molar refractivity (Wildman–Crippen MR) is 68.3 cm³/mol. The van der Waals surface area contributed by atoms with Gasteiger partial charge in [0, 0.05) is 5.92 Å². The molecule has 0 unspecified atom stereocenters. The average molecular weight is 291 g/mol. The van der Waals surface area contributed by atoms with Crippen molar-refractivity contribution in [2.75, 3.05) is 0 Å². The van der Waals surface area contributed by atoms with Gasteiger partial charge in [0.15, 0.2) is 5.69 Å². The van der Waals surface area contributed by atoms with Crippen molar-refractivity contribution in [3.63, 3.8) is 0 Å². The minimum Gasteiger partial charge on any atom is -0.476 e. The van der Waals surface area contributed by atoms with Gasteiger partial charge in [0.2, 0.25) is 5.76 Å². The number of carbonyl (C=O) groups is 2. The highest BCUT2D eigenvalue weighted by Crippen LogP contribution is 2.37. The lowest BCUT2D eigenvalue weighted by molar-refractivity contribution is 0.0657. The number of aromatic carboxylic acids is 2. The van der Waals surface area contributed by atoms with E-state index >= 15 is 0 Å². The molecule has 2 aromatic heterocycles. The summed E-state index contributed by atoms with van der Waals surface area (Å²) in [5, 5.41) is 25.6. The van der Waals surface area contributed by atoms with Crippen molar-refractivity contribution in [2.45, 2.75) is 31.7 Å². The van der Waals surface area contributed by atoms with Crippen LogP contribution in [0.15, 0.2) is 16.5 Å². The zero-order chi connectivity index (χ0) is 15.0. The van der Waals surface area contributed by atoms with Gasteiger partial charge in [-0.2, -0.15) is 0 Å². The van der Waals surface area contributed by atoms with Crippen LogP contribution in [0.5, 0.6) is 0 Å². The third kappa shape index (κ3) is 2.39. The molecule has 1 aliphatic rings. The van der Waals surface area contributed by atoms with Gasteiger partial charge in [-0.3, -0.25) is 0 Å². The summed E-state index contributed by atoms with van der Waals surface area (Å²) < 4.78 is 6.65. The highest BCUT2D eigenvalue weighted by Gasteiger charge is 2.30. The zero-order valence-electron chi connectivity index (χ0n) is 11.0. The Morgan fingerprint density at radius 1 is 1.29 bits per heavy atom. The number of hydrogen-bond acceptors (Lipinski definition) is 5. The maximum atomic E-state index is 11.2. The lowest BCUT2D eigenvalue weighted by Gasteiger charge is -2.25. The van der Waals surface area contributed by atoms with Crippen LogP contribution in [0.4, 0.5) is 0 Å². The second-order valence-corrected chi connectivity index (χ2v) is 4.99. The van der Waals surface area contributed by atoms with Crippen molar-refractivity contribution in [3.05, 3.63) is 35.0 Å². The minimum atomic E-state index is -1.15. The van der Waals surface area contributed by atoms with E-state index in [4.69, 9.17) is 9.52 Å². The van der Waals surface area contributed by atoms with Crippen LogP contribution in [0.3, 0.4) is 0 Å². The van der Waals surface area contributed by atoms with Crippen LogP contribution in [0.1, 0.15) is 57.7 Å². The van der Waals surface area contributed by atoms with Gasteiger partial charge in [0.25, 0.3) is 0 Å². The molecule has 21 heavy (non-hydrogen) atoms. The largest absolute Gasteiger partial charge is 0.476 e. The van der Waals surface area contributed by atoms with Gasteiger partial charge >= 0.3 is 11.9 Å². The molecule has 2 heterocycles. The van der Waals surface area contributed by atoms with E-state index in [9.17, 15) is 14.7 Å². The fourth-order valence-electron chi connectivity index (χ4n) is 2.40. The first-order valence-electron chi connectivity index (χ1n) is 6.55. The molecular weight excluding hydrogens is 278 g/mol. The molecule has 110 valence electrons. The quantitative estimate of drug-likeness (QED) is 0.858. The normalized spacial score (nSPS) is 14.9. The van der Waals surface area contributed by atoms with Crippen molar-refractivity contribution < 1.29 is 24.2 Å². The smallest absolute Gasteiger partial charge is 0.371 e. The molecule has 0 radical (unpaired) electrons. The maximum Gasteiger partial charge on any atom is 0.371 e. The topological polar surface area (TPSA) is 118 Å². The molecule has 0 aromatic carbocycles. The molecule has 0 saturated heterocycles. The van der Waals surface area contributed by atoms with E-state index in [1.54, 1.807) is 0 Å². The fraction of sp³-hybridized carbons (Fsp3) is 0.385. The van der Waals surface area contributed by atoms with Crippen molar-refractivity contribution in [3.8, 4) is 0 Å². The Bertz CT molecular complexity index is 698. The fourth-order valence-corrected chi connectivity index (χ4v) is 2.40. The van der Waals surface area contributed by atoms with Crippen LogP contribution < -0.4 is 0 Å². The number of rotatable bonds is 5. The molecule has 8 heteroatoms. The lowest BCUT2D eigenvalue weighted by Crippen LogP contribution is -2.18. The maximum absolute atomic E-state index is 11.2. The van der Waals surface area contributed by atoms with Crippen LogP contribution >= 0.6 is 0 Å². The minimum absolute atomic E-state index is 0.0373. The zero-order valence-corrected chi connectivity index (χ0v) is 11.0. The Morgan fingerprint density at radius 2 is 2.05 bits per heavy atom. The van der Waals surface area contributed by atoms with Crippen LogP contribution in [-0.2, 0) is 6.54 Å². The van der Waals surface area contributed by atoms with E-state index in [1.807, 2.05) is 0 Å². The van der Waals surface area contributed by atoms with Gasteiger partial charge in [-0.05, 0) is 25.0 Å². The highest BCUT2D eigenvalue weighted by molar-refractivity contribution is 5.86. The summed E-state index contributed by atoms with van der Waals surface area (Å²) in [6.45, 7) is 0.166. The summed E-state index contributed by atoms with van der Waals surface area (Å²) >= 11 is 0. The standard InChI is InChI=1S/C13H13N3O5/c17-12(18)9-5-4-8(21-9)6-16-11(7-2-1-3-7)10(13(19)20)14-15-16/h4-5,7H,1-3,6H2,(H,17,18)(H,19,20). The Labute approximate surface area is 119 Å². The molecule has 1 fully saturated rings. The van der Waals surface area contributed by atoms with Crippen molar-refractivity contribution in [1.29, 1.82) is 0 Å². The molecule has 0 bridgehead atoms. The van der Waals surface area contributed by atoms with Crippen molar-refractivity contribution >= 4 is 11.9 Å². The van der Waals surface area contributed by atoms with Gasteiger partial charge in [0.1, 0.15) is 12.3 Å². The van der Waals surface area contributed by atoms with Crippen LogP contribution in [0, 0.1) is 0 Å². The third-order valence-electron chi connectivity index (χ3n) is 3.65. The molecule has 2 N–H and O–H groups in total. The van der Waals surface area contributed by atoms with Crippen LogP contribution in [0.2, 0.25) is 0 Å². The van der Waals surface area contributed by atoms with E-state index in [2.05, 4.69) is 10.3 Å². The first kappa shape index (κ1) is 13.3. The Hall–Kier alpha value is -2.64. The highest BCUT2D eigenvalue weighted by atomic mass is 16.4. The number of carboxylic acid groups (broad SMARTS) is 2. The third-order valence-corrected chi connectivity index (χ3v) is 3.65. The number of hydrogen-bond donors (Lipinski definition) is 2. The molecule has 0 atom stereocenters. The van der Waals surface area contributed by atoms with Crippen LogP contribution in [0.25, 0.3) is 0 Å². The first-order chi connectivity index (χ1) is 10.1. The first-order valence-corrected chi connectivity index (χ1v) is 6.55. The SMILES string of the molecule is O=C(O)c1ccc(Cn2nnc(C(=O)O)c2C2CCC2)o1. The van der Waals surface area contributed by atoms with E-state index in [-0.39, 0.29) is 23.9 Å². The molecule has 0 amide bonds. The summed E-state index contributed by atoms with van der Waals surface area (Å²) in [7, 11) is 0. The lowest BCUT2D eigenvalue weighted by atomic mass is 9.82. The summed E-state index contributed by atoms with van der Waals surface area (Å²) in [6.07, 6.45) is 2.87. The molecule has 1 aliphatic carbocycles. The predicted octanol–water partition coefficient (Wildman–Crippen LogP) is 1.58. The number of furan rings is 1. The van der Waals surface area contributed by atoms with E-state index < -0.39 is 11.9 Å². The second-order valence-electron chi connectivity index (χ2n) is 4.99. The average Bonchev–Trinajstić information content (AvgIpc) is 2.96. The van der Waals surface area contributed by atoms with Crippen LogP contribution in [-0.4, -0.2) is 37.1 Å². The molecule has 2 aromatic rings. The summed E-state index contributed by atoms with van der Waals surface area (Å²) in [5.41, 5.74) is 0.548. The monoisotopic (exact) mass is 291 g/mol. The summed E-state index contributed by atoms with van der Waals surface area (Å²) in [4.78, 5) is 22.0. The molecule has 8 nitrogen and oxygen atoms in total. The van der Waals surface area contributed by atoms with Crippen molar-refractivity contribution in [2.24, 2.45) is 0 Å². The number of carboxylic acids is 2. The summed E-state index contributed by atoms with van der Waals surface area (Å²) in [6, 6.07) is 2.89. The van der Waals surface area contributed by atoms with Crippen molar-refractivity contribution in [1.82, 2.24) is 15.0 Å². The summed E-state index contributed by atoms with van der Waals surface area (Å²) in [5.74, 6) is -1.87. The Kier molecular flexibility index (Phi) is 3.20. The van der Waals surface area contributed by atoms with Gasteiger partial charge < -0.3 is 14.6 Å². The Morgan fingerprint density at radius 3 is 2.57 bits per heavy atom. The van der Waals surface area contributed by atoms with E-state index in [0.717, 1.165) is 19.3 Å². The molecular formula is C13H13N3O5. The van der Waals surface area contributed by atoms with E-state index in [1.165, 1.54) is 16.8 Å². The number of nitrogens with zero attached hydrogens (tertiary/aromatic N) is 3. The molecule has 1 saturated carbocycles. The van der Waals surface area contributed by atoms with Gasteiger partial charge in [-0.25, -0.2) is 14.3 Å². The molecule has 3 rings (SSSR count). The molecule has 0 aliphatic heterocycles. The Balaban J connectivity index is 1.90. The molecule has 0 spiro atoms. The van der Waals surface area contributed by atoms with E-state index in [0.29, 0.717) is 11.5 Å². The number of aromatic nitrogens is 3.